The first kappa shape index (κ1) is 18.2. The molecular formula is C17H23F2N3O2. The lowest BCUT2D eigenvalue weighted by Gasteiger charge is -2.22. The number of aliphatic hydroxyl groups excluding tert-OH is 1. The minimum Gasteiger partial charge on any atom is -0.395 e. The quantitative estimate of drug-likeness (QED) is 0.747. The van der Waals surface area contributed by atoms with E-state index in [2.05, 4.69) is 11.9 Å². The van der Waals surface area contributed by atoms with Crippen molar-refractivity contribution >= 4 is 11.7 Å². The number of aliphatic hydroxyl groups is 1. The van der Waals surface area contributed by atoms with Crippen LogP contribution in [-0.2, 0) is 0 Å². The summed E-state index contributed by atoms with van der Waals surface area (Å²) in [7, 11) is 0. The number of hydrogen-bond donors (Lipinski definition) is 2. The molecule has 2 rings (SSSR count). The molecule has 2 amide bonds. The van der Waals surface area contributed by atoms with E-state index in [0.717, 1.165) is 19.0 Å². The Hall–Kier alpha value is -2.15. The number of rotatable bonds is 7. The van der Waals surface area contributed by atoms with Crippen LogP contribution in [0.3, 0.4) is 0 Å². The Bertz CT molecular complexity index is 583. The Morgan fingerprint density at radius 3 is 2.92 bits per heavy atom. The highest BCUT2D eigenvalue weighted by Gasteiger charge is 2.24. The molecule has 1 saturated heterocycles. The molecule has 0 aliphatic carbocycles. The maximum Gasteiger partial charge on any atom is 0.317 e. The zero-order valence-corrected chi connectivity index (χ0v) is 13.5. The summed E-state index contributed by atoms with van der Waals surface area (Å²) < 4.78 is 26.3. The van der Waals surface area contributed by atoms with Crippen molar-refractivity contribution in [3.63, 3.8) is 0 Å². The van der Waals surface area contributed by atoms with Crippen molar-refractivity contribution in [1.82, 2.24) is 10.2 Å². The van der Waals surface area contributed by atoms with Gasteiger partial charge in [-0.2, -0.15) is 0 Å². The predicted octanol–water partition coefficient (Wildman–Crippen LogP) is 1.98. The summed E-state index contributed by atoms with van der Waals surface area (Å²) in [6.07, 6.45) is 2.47. The molecule has 1 fully saturated rings. The van der Waals surface area contributed by atoms with Gasteiger partial charge in [0, 0.05) is 44.5 Å². The molecule has 0 bridgehead atoms. The summed E-state index contributed by atoms with van der Waals surface area (Å²) in [6.45, 7) is 6.02. The van der Waals surface area contributed by atoms with Gasteiger partial charge >= 0.3 is 6.03 Å². The molecule has 1 aromatic rings. The SMILES string of the molecule is C=CCN(CCO)C(=O)NCC1CCN(c2ccc(F)c(F)c2)C1. The third-order valence-electron chi connectivity index (χ3n) is 4.10. The summed E-state index contributed by atoms with van der Waals surface area (Å²) in [6, 6.07) is 3.65. The number of urea groups is 1. The van der Waals surface area contributed by atoms with Gasteiger partial charge in [0.05, 0.1) is 6.61 Å². The van der Waals surface area contributed by atoms with Crippen LogP contribution in [0.5, 0.6) is 0 Å². The normalized spacial score (nSPS) is 17.0. The van der Waals surface area contributed by atoms with E-state index in [9.17, 15) is 13.6 Å². The molecule has 5 nitrogen and oxygen atoms in total. The number of anilines is 1. The number of hydrogen-bond acceptors (Lipinski definition) is 3. The molecule has 1 aliphatic heterocycles. The van der Waals surface area contributed by atoms with E-state index in [1.54, 1.807) is 12.1 Å². The average Bonchev–Trinajstić information content (AvgIpc) is 3.04. The topological polar surface area (TPSA) is 55.8 Å². The summed E-state index contributed by atoms with van der Waals surface area (Å²) in [5.74, 6) is -1.47. The Labute approximate surface area is 140 Å². The molecule has 24 heavy (non-hydrogen) atoms. The van der Waals surface area contributed by atoms with E-state index in [1.165, 1.54) is 11.0 Å². The highest BCUT2D eigenvalue weighted by atomic mass is 19.2. The van der Waals surface area contributed by atoms with Gasteiger partial charge in [-0.15, -0.1) is 6.58 Å². The molecule has 1 atom stereocenters. The first-order valence-electron chi connectivity index (χ1n) is 7.99. The minimum atomic E-state index is -0.854. The molecule has 1 aliphatic rings. The third kappa shape index (κ3) is 4.67. The van der Waals surface area contributed by atoms with Crippen LogP contribution in [0.2, 0.25) is 0 Å². The number of amides is 2. The van der Waals surface area contributed by atoms with E-state index >= 15 is 0 Å². The van der Waals surface area contributed by atoms with Crippen molar-refractivity contribution in [3.8, 4) is 0 Å². The van der Waals surface area contributed by atoms with Gasteiger partial charge in [0.15, 0.2) is 11.6 Å². The summed E-state index contributed by atoms with van der Waals surface area (Å²) in [5.41, 5.74) is 0.649. The third-order valence-corrected chi connectivity index (χ3v) is 4.10. The standard InChI is InChI=1S/C17H23F2N3O2/c1-2-6-21(8-9-23)17(24)20-11-13-5-7-22(12-13)14-3-4-15(18)16(19)10-14/h2-4,10,13,23H,1,5-9,11-12H2,(H,20,24). The molecule has 0 spiro atoms. The lowest BCUT2D eigenvalue weighted by Crippen LogP contribution is -2.43. The van der Waals surface area contributed by atoms with Crippen LogP contribution in [0, 0.1) is 17.6 Å². The highest BCUT2D eigenvalue weighted by Crippen LogP contribution is 2.25. The lowest BCUT2D eigenvalue weighted by molar-refractivity contribution is 0.182. The van der Waals surface area contributed by atoms with Crippen molar-refractivity contribution < 1.29 is 18.7 Å². The average molecular weight is 339 g/mol. The van der Waals surface area contributed by atoms with Gasteiger partial charge in [0.2, 0.25) is 0 Å². The van der Waals surface area contributed by atoms with Crippen LogP contribution in [0.1, 0.15) is 6.42 Å². The number of nitrogens with one attached hydrogen (secondary N) is 1. The molecule has 1 aromatic carbocycles. The maximum absolute atomic E-state index is 13.3. The fourth-order valence-electron chi connectivity index (χ4n) is 2.81. The van der Waals surface area contributed by atoms with Gasteiger partial charge in [-0.05, 0) is 24.5 Å². The predicted molar refractivity (Wildman–Crippen MR) is 88.9 cm³/mol. The molecule has 0 aromatic heterocycles. The second-order valence-corrected chi connectivity index (χ2v) is 5.84. The number of halogens is 2. The zero-order valence-electron chi connectivity index (χ0n) is 13.5. The molecule has 2 N–H and O–H groups in total. The Morgan fingerprint density at radius 1 is 1.46 bits per heavy atom. The van der Waals surface area contributed by atoms with Crippen LogP contribution in [0.4, 0.5) is 19.3 Å². The largest absolute Gasteiger partial charge is 0.395 e. The van der Waals surface area contributed by atoms with Crippen LogP contribution in [0.15, 0.2) is 30.9 Å². The van der Waals surface area contributed by atoms with E-state index in [1.807, 2.05) is 4.90 Å². The Balaban J connectivity index is 1.84. The summed E-state index contributed by atoms with van der Waals surface area (Å²) in [4.78, 5) is 15.5. The van der Waals surface area contributed by atoms with Crippen molar-refractivity contribution in [2.75, 3.05) is 44.2 Å². The van der Waals surface area contributed by atoms with Gasteiger partial charge in [-0.3, -0.25) is 0 Å². The number of carbonyl (C=O) groups is 1. The summed E-state index contributed by atoms with van der Waals surface area (Å²) >= 11 is 0. The molecule has 1 unspecified atom stereocenters. The van der Waals surface area contributed by atoms with E-state index in [4.69, 9.17) is 5.11 Å². The molecule has 1 heterocycles. The molecular weight excluding hydrogens is 316 g/mol. The highest BCUT2D eigenvalue weighted by molar-refractivity contribution is 5.74. The number of carbonyl (C=O) groups excluding carboxylic acids is 1. The molecule has 0 radical (unpaired) electrons. The van der Waals surface area contributed by atoms with Crippen molar-refractivity contribution in [2.45, 2.75) is 6.42 Å². The lowest BCUT2D eigenvalue weighted by atomic mass is 10.1. The fraction of sp³-hybridized carbons (Fsp3) is 0.471. The number of nitrogens with zero attached hydrogens (tertiary/aromatic N) is 2. The van der Waals surface area contributed by atoms with Crippen LogP contribution in [0.25, 0.3) is 0 Å². The van der Waals surface area contributed by atoms with Crippen LogP contribution >= 0.6 is 0 Å². The van der Waals surface area contributed by atoms with Crippen molar-refractivity contribution in [1.29, 1.82) is 0 Å². The minimum absolute atomic E-state index is 0.103. The summed E-state index contributed by atoms with van der Waals surface area (Å²) in [5, 5.41) is 11.8. The van der Waals surface area contributed by atoms with E-state index in [0.29, 0.717) is 25.3 Å². The van der Waals surface area contributed by atoms with E-state index < -0.39 is 11.6 Å². The van der Waals surface area contributed by atoms with Gasteiger partial charge in [0.1, 0.15) is 0 Å². The van der Waals surface area contributed by atoms with Gasteiger partial charge in [-0.1, -0.05) is 6.08 Å². The Kier molecular flexibility index (Phi) is 6.54. The van der Waals surface area contributed by atoms with Gasteiger partial charge < -0.3 is 20.2 Å². The zero-order chi connectivity index (χ0) is 17.5. The molecule has 7 heteroatoms. The first-order chi connectivity index (χ1) is 11.5. The van der Waals surface area contributed by atoms with Crippen LogP contribution < -0.4 is 10.2 Å². The van der Waals surface area contributed by atoms with Crippen LogP contribution in [-0.4, -0.2) is 55.4 Å². The van der Waals surface area contributed by atoms with E-state index in [-0.39, 0.29) is 25.1 Å². The van der Waals surface area contributed by atoms with Crippen molar-refractivity contribution in [2.24, 2.45) is 5.92 Å². The monoisotopic (exact) mass is 339 g/mol. The van der Waals surface area contributed by atoms with Gasteiger partial charge in [-0.25, -0.2) is 13.6 Å². The Morgan fingerprint density at radius 2 is 2.25 bits per heavy atom. The first-order valence-corrected chi connectivity index (χ1v) is 7.99. The fourth-order valence-corrected chi connectivity index (χ4v) is 2.81. The molecule has 132 valence electrons. The van der Waals surface area contributed by atoms with Crippen molar-refractivity contribution in [3.05, 3.63) is 42.5 Å². The second-order valence-electron chi connectivity index (χ2n) is 5.84. The molecule has 0 saturated carbocycles. The second kappa shape index (κ2) is 8.63. The maximum atomic E-state index is 13.3. The smallest absolute Gasteiger partial charge is 0.317 e. The van der Waals surface area contributed by atoms with Gasteiger partial charge in [0.25, 0.3) is 0 Å². The number of benzene rings is 1.